The lowest BCUT2D eigenvalue weighted by Crippen LogP contribution is -2.46. The summed E-state index contributed by atoms with van der Waals surface area (Å²) >= 11 is 1.60. The fourth-order valence-electron chi connectivity index (χ4n) is 3.59. The first-order valence-corrected chi connectivity index (χ1v) is 11.3. The van der Waals surface area contributed by atoms with Crippen LogP contribution in [0.2, 0.25) is 0 Å². The third-order valence-electron chi connectivity index (χ3n) is 5.21. The van der Waals surface area contributed by atoms with Gasteiger partial charge in [-0.3, -0.25) is 4.90 Å². The van der Waals surface area contributed by atoms with Crippen molar-refractivity contribution in [2.45, 2.75) is 13.8 Å². The third kappa shape index (κ3) is 5.18. The molecule has 0 saturated carbocycles. The molecule has 0 atom stereocenters. The number of carbonyl (C=O) groups is 1. The van der Waals surface area contributed by atoms with Crippen molar-refractivity contribution in [1.29, 1.82) is 0 Å². The maximum atomic E-state index is 10.7. The van der Waals surface area contributed by atoms with Gasteiger partial charge in [0.05, 0.1) is 22.8 Å². The Hall–Kier alpha value is -3.04. The number of aromatic nitrogens is 3. The van der Waals surface area contributed by atoms with Crippen molar-refractivity contribution in [3.8, 4) is 10.6 Å². The summed E-state index contributed by atoms with van der Waals surface area (Å²) in [7, 11) is 0. The Morgan fingerprint density at radius 2 is 1.87 bits per heavy atom. The van der Waals surface area contributed by atoms with E-state index in [0.717, 1.165) is 66.1 Å². The molecule has 0 spiro atoms. The minimum atomic E-state index is 0.521. The van der Waals surface area contributed by atoms with Crippen LogP contribution in [0.25, 0.3) is 10.6 Å². The zero-order valence-electron chi connectivity index (χ0n) is 17.8. The van der Waals surface area contributed by atoms with E-state index in [2.05, 4.69) is 54.4 Å². The first-order chi connectivity index (χ1) is 15.2. The summed E-state index contributed by atoms with van der Waals surface area (Å²) < 4.78 is 0. The highest BCUT2D eigenvalue weighted by Gasteiger charge is 2.17. The van der Waals surface area contributed by atoms with Crippen molar-refractivity contribution in [3.63, 3.8) is 0 Å². The predicted molar refractivity (Wildman–Crippen MR) is 126 cm³/mol. The summed E-state index contributed by atoms with van der Waals surface area (Å²) in [6.07, 6.45) is 2.74. The largest absolute Gasteiger partial charge is 0.369 e. The minimum absolute atomic E-state index is 0.521. The van der Waals surface area contributed by atoms with Gasteiger partial charge in [-0.1, -0.05) is 11.3 Å². The van der Waals surface area contributed by atoms with Crippen LogP contribution < -0.4 is 15.5 Å². The fourth-order valence-corrected chi connectivity index (χ4v) is 4.59. The smallest absolute Gasteiger partial charge is 0.227 e. The normalized spacial score (nSPS) is 14.5. The molecule has 3 heterocycles. The molecule has 4 rings (SSSR count). The SMILES string of the molecule is CCNc1nc(C)c(-c2ccnc(Nc3ccc(N4CCN(CC=O)CC4)cc3)n2)s1. The van der Waals surface area contributed by atoms with Gasteiger partial charge in [0.2, 0.25) is 5.95 Å². The number of hydrogen-bond donors (Lipinski definition) is 2. The van der Waals surface area contributed by atoms with Crippen molar-refractivity contribution in [2.24, 2.45) is 0 Å². The first kappa shape index (κ1) is 21.2. The lowest BCUT2D eigenvalue weighted by molar-refractivity contribution is -0.108. The van der Waals surface area contributed by atoms with E-state index in [4.69, 9.17) is 0 Å². The molecule has 0 amide bonds. The Balaban J connectivity index is 1.42. The molecule has 0 bridgehead atoms. The van der Waals surface area contributed by atoms with Gasteiger partial charge in [-0.2, -0.15) is 0 Å². The summed E-state index contributed by atoms with van der Waals surface area (Å²) in [6.45, 7) is 9.09. The van der Waals surface area contributed by atoms with E-state index in [-0.39, 0.29) is 0 Å². The van der Waals surface area contributed by atoms with Crippen LogP contribution in [0, 0.1) is 6.92 Å². The molecule has 0 aliphatic carbocycles. The zero-order valence-corrected chi connectivity index (χ0v) is 18.7. The molecule has 9 heteroatoms. The van der Waals surface area contributed by atoms with E-state index in [9.17, 15) is 4.79 Å². The lowest BCUT2D eigenvalue weighted by Gasteiger charge is -2.35. The van der Waals surface area contributed by atoms with Crippen LogP contribution in [0.3, 0.4) is 0 Å². The maximum absolute atomic E-state index is 10.7. The first-order valence-electron chi connectivity index (χ1n) is 10.5. The molecule has 1 fully saturated rings. The van der Waals surface area contributed by atoms with Gasteiger partial charge in [-0.25, -0.2) is 15.0 Å². The van der Waals surface area contributed by atoms with Gasteiger partial charge in [0.25, 0.3) is 0 Å². The zero-order chi connectivity index (χ0) is 21.6. The number of nitrogens with zero attached hydrogens (tertiary/aromatic N) is 5. The summed E-state index contributed by atoms with van der Waals surface area (Å²) in [5.74, 6) is 0.561. The van der Waals surface area contributed by atoms with Crippen LogP contribution in [0.4, 0.5) is 22.5 Å². The standard InChI is InChI=1S/C22H27N7OS/c1-3-23-22-25-16(2)20(31-22)19-8-9-24-21(27-19)26-17-4-6-18(7-5-17)29-12-10-28(11-13-29)14-15-30/h4-9,15H,3,10-14H2,1-2H3,(H,23,25)(H,24,26,27). The number of hydrogen-bond acceptors (Lipinski definition) is 9. The number of thiazole rings is 1. The van der Waals surface area contributed by atoms with E-state index >= 15 is 0 Å². The summed E-state index contributed by atoms with van der Waals surface area (Å²) in [5.41, 5.74) is 3.95. The van der Waals surface area contributed by atoms with Crippen molar-refractivity contribution in [2.75, 3.05) is 54.8 Å². The quantitative estimate of drug-likeness (QED) is 0.519. The van der Waals surface area contributed by atoms with Crippen LogP contribution in [0.15, 0.2) is 36.5 Å². The van der Waals surface area contributed by atoms with Gasteiger partial charge in [0, 0.05) is 50.3 Å². The maximum Gasteiger partial charge on any atom is 0.227 e. The number of aldehydes is 1. The number of piperazine rings is 1. The second-order valence-electron chi connectivity index (χ2n) is 7.36. The third-order valence-corrected chi connectivity index (χ3v) is 6.34. The van der Waals surface area contributed by atoms with Gasteiger partial charge in [-0.15, -0.1) is 0 Å². The highest BCUT2D eigenvalue weighted by molar-refractivity contribution is 7.19. The number of carbonyl (C=O) groups excluding carboxylic acids is 1. The molecule has 1 aromatic carbocycles. The molecule has 1 aliphatic heterocycles. The average Bonchev–Trinajstić information content (AvgIpc) is 3.16. The van der Waals surface area contributed by atoms with E-state index in [1.807, 2.05) is 25.1 Å². The van der Waals surface area contributed by atoms with Crippen molar-refractivity contribution < 1.29 is 4.79 Å². The molecule has 162 valence electrons. The Bertz CT molecular complexity index is 1010. The molecule has 1 aliphatic rings. The molecule has 31 heavy (non-hydrogen) atoms. The number of rotatable bonds is 8. The Kier molecular flexibility index (Phi) is 6.73. The minimum Gasteiger partial charge on any atom is -0.369 e. The Labute approximate surface area is 186 Å². The van der Waals surface area contributed by atoms with E-state index < -0.39 is 0 Å². The second-order valence-corrected chi connectivity index (χ2v) is 8.35. The van der Waals surface area contributed by atoms with Crippen LogP contribution in [0.5, 0.6) is 0 Å². The van der Waals surface area contributed by atoms with E-state index in [0.29, 0.717) is 12.5 Å². The fraction of sp³-hybridized carbons (Fsp3) is 0.364. The lowest BCUT2D eigenvalue weighted by atomic mass is 10.2. The van der Waals surface area contributed by atoms with Gasteiger partial charge < -0.3 is 20.3 Å². The molecule has 0 unspecified atom stereocenters. The van der Waals surface area contributed by atoms with Crippen molar-refractivity contribution >= 4 is 40.1 Å². The van der Waals surface area contributed by atoms with Gasteiger partial charge in [0.15, 0.2) is 5.13 Å². The Morgan fingerprint density at radius 3 is 2.58 bits per heavy atom. The molecule has 2 aromatic heterocycles. The summed E-state index contributed by atoms with van der Waals surface area (Å²) in [4.78, 5) is 29.9. The van der Waals surface area contributed by atoms with E-state index in [1.54, 1.807) is 17.5 Å². The monoisotopic (exact) mass is 437 g/mol. The van der Waals surface area contributed by atoms with Crippen LogP contribution >= 0.6 is 11.3 Å². The number of aryl methyl sites for hydroxylation is 1. The van der Waals surface area contributed by atoms with Crippen molar-refractivity contribution in [1.82, 2.24) is 19.9 Å². The number of nitrogens with one attached hydrogen (secondary N) is 2. The molecule has 8 nitrogen and oxygen atoms in total. The Morgan fingerprint density at radius 1 is 1.10 bits per heavy atom. The van der Waals surface area contributed by atoms with E-state index in [1.165, 1.54) is 5.69 Å². The average molecular weight is 438 g/mol. The number of anilines is 4. The molecule has 3 aromatic rings. The molecular formula is C22H27N7OS. The van der Waals surface area contributed by atoms with Crippen LogP contribution in [-0.4, -0.2) is 65.4 Å². The highest BCUT2D eigenvalue weighted by atomic mass is 32.1. The topological polar surface area (TPSA) is 86.3 Å². The highest BCUT2D eigenvalue weighted by Crippen LogP contribution is 2.32. The van der Waals surface area contributed by atoms with Crippen LogP contribution in [-0.2, 0) is 4.79 Å². The molecule has 1 saturated heterocycles. The summed E-state index contributed by atoms with van der Waals surface area (Å²) in [6, 6.07) is 10.2. The van der Waals surface area contributed by atoms with Crippen molar-refractivity contribution in [3.05, 3.63) is 42.2 Å². The van der Waals surface area contributed by atoms with Gasteiger partial charge in [-0.05, 0) is 44.2 Å². The molecular weight excluding hydrogens is 410 g/mol. The number of benzene rings is 1. The summed E-state index contributed by atoms with van der Waals surface area (Å²) in [5, 5.41) is 7.47. The van der Waals surface area contributed by atoms with Crippen LogP contribution in [0.1, 0.15) is 12.6 Å². The second kappa shape index (κ2) is 9.84. The molecule has 0 radical (unpaired) electrons. The predicted octanol–water partition coefficient (Wildman–Crippen LogP) is 3.40. The van der Waals surface area contributed by atoms with Gasteiger partial charge in [0.1, 0.15) is 6.29 Å². The molecule has 2 N–H and O–H groups in total. The van der Waals surface area contributed by atoms with Gasteiger partial charge >= 0.3 is 0 Å².